The van der Waals surface area contributed by atoms with Gasteiger partial charge in [0, 0.05) is 10.6 Å². The third-order valence-corrected chi connectivity index (χ3v) is 6.35. The predicted molar refractivity (Wildman–Crippen MR) is 122 cm³/mol. The second-order valence-corrected chi connectivity index (χ2v) is 8.38. The van der Waals surface area contributed by atoms with Crippen LogP contribution in [0, 0.1) is 30.9 Å². The number of methoxy groups -OCH3 is 3. The molecule has 0 N–H and O–H groups in total. The van der Waals surface area contributed by atoms with Crippen molar-refractivity contribution < 1.29 is 19.1 Å². The van der Waals surface area contributed by atoms with Gasteiger partial charge >= 0.3 is 0 Å². The Morgan fingerprint density at radius 3 is 2.19 bits per heavy atom. The van der Waals surface area contributed by atoms with E-state index in [1.165, 1.54) is 38.7 Å². The highest BCUT2D eigenvalue weighted by Crippen LogP contribution is 2.44. The van der Waals surface area contributed by atoms with Crippen molar-refractivity contribution in [2.45, 2.75) is 31.2 Å². The number of hydrogen-bond donors (Lipinski definition) is 0. The number of nitrogens with zero attached hydrogens (tertiary/aromatic N) is 4. The standard InChI is InChI=1S/C22H26N4O5S/c1-13-7-8-17(9-14(13)2)26-15(3)23-24-22(26)32-20(12-25(27)28)16-10-18(29-4)21(31-6)19(11-16)30-5/h7-11,20H,12H2,1-6H3/t20-/m1/s1. The number of benzene rings is 2. The number of nitro groups is 1. The zero-order valence-corrected chi connectivity index (χ0v) is 19.7. The Hall–Kier alpha value is -3.27. The maximum Gasteiger partial charge on any atom is 0.220 e. The SMILES string of the molecule is COc1cc([C@@H](C[N+](=O)[O-])Sc2nnc(C)n2-c2ccc(C)c(C)c2)cc(OC)c1OC. The topological polar surface area (TPSA) is 102 Å². The lowest BCUT2D eigenvalue weighted by molar-refractivity contribution is -0.479. The first kappa shape index (κ1) is 23.4. The Balaban J connectivity index is 2.07. The second kappa shape index (κ2) is 9.90. The summed E-state index contributed by atoms with van der Waals surface area (Å²) in [5, 5.41) is 20.0. The van der Waals surface area contributed by atoms with E-state index in [1.807, 2.05) is 37.5 Å². The minimum absolute atomic E-state index is 0.317. The molecule has 2 aromatic carbocycles. The van der Waals surface area contributed by atoms with Crippen LogP contribution in [0.2, 0.25) is 0 Å². The van der Waals surface area contributed by atoms with Gasteiger partial charge < -0.3 is 14.2 Å². The molecule has 0 aliphatic rings. The Labute approximate surface area is 190 Å². The van der Waals surface area contributed by atoms with Crippen LogP contribution in [0.1, 0.15) is 27.8 Å². The highest BCUT2D eigenvalue weighted by Gasteiger charge is 2.26. The summed E-state index contributed by atoms with van der Waals surface area (Å²) in [6.07, 6.45) is 0. The number of aryl methyl sites for hydroxylation is 3. The average Bonchev–Trinajstić information content (AvgIpc) is 3.13. The van der Waals surface area contributed by atoms with Crippen molar-refractivity contribution in [1.29, 1.82) is 0 Å². The Morgan fingerprint density at radius 2 is 1.66 bits per heavy atom. The number of rotatable bonds is 9. The first-order valence-electron chi connectivity index (χ1n) is 9.87. The summed E-state index contributed by atoms with van der Waals surface area (Å²) in [6.45, 7) is 5.62. The number of aromatic nitrogens is 3. The van der Waals surface area contributed by atoms with E-state index in [0.717, 1.165) is 11.3 Å². The molecular weight excluding hydrogens is 432 g/mol. The van der Waals surface area contributed by atoms with Crippen LogP contribution in [0.5, 0.6) is 17.2 Å². The molecule has 0 radical (unpaired) electrons. The number of thioether (sulfide) groups is 1. The van der Waals surface area contributed by atoms with Gasteiger partial charge in [-0.25, -0.2) is 0 Å². The molecule has 0 aliphatic heterocycles. The van der Waals surface area contributed by atoms with Crippen molar-refractivity contribution in [1.82, 2.24) is 14.8 Å². The molecule has 32 heavy (non-hydrogen) atoms. The van der Waals surface area contributed by atoms with Crippen molar-refractivity contribution in [2.24, 2.45) is 0 Å². The van der Waals surface area contributed by atoms with E-state index in [-0.39, 0.29) is 11.5 Å². The lowest BCUT2D eigenvalue weighted by Gasteiger charge is -2.18. The molecule has 0 spiro atoms. The maximum absolute atomic E-state index is 11.5. The zero-order valence-electron chi connectivity index (χ0n) is 18.9. The molecule has 9 nitrogen and oxygen atoms in total. The maximum atomic E-state index is 11.5. The summed E-state index contributed by atoms with van der Waals surface area (Å²) in [5.41, 5.74) is 3.88. The van der Waals surface area contributed by atoms with E-state index in [9.17, 15) is 10.1 Å². The highest BCUT2D eigenvalue weighted by molar-refractivity contribution is 7.99. The van der Waals surface area contributed by atoms with Crippen molar-refractivity contribution in [3.8, 4) is 22.9 Å². The summed E-state index contributed by atoms with van der Waals surface area (Å²) >= 11 is 1.27. The average molecular weight is 459 g/mol. The first-order valence-corrected chi connectivity index (χ1v) is 10.7. The van der Waals surface area contributed by atoms with Crippen LogP contribution in [-0.4, -0.2) is 47.6 Å². The minimum Gasteiger partial charge on any atom is -0.493 e. The molecule has 0 amide bonds. The third kappa shape index (κ3) is 4.80. The van der Waals surface area contributed by atoms with Gasteiger partial charge in [-0.2, -0.15) is 0 Å². The van der Waals surface area contributed by atoms with E-state index >= 15 is 0 Å². The Morgan fingerprint density at radius 1 is 1.00 bits per heavy atom. The summed E-state index contributed by atoms with van der Waals surface area (Å²) in [7, 11) is 4.53. The van der Waals surface area contributed by atoms with Gasteiger partial charge in [0.05, 0.1) is 21.3 Å². The van der Waals surface area contributed by atoms with Gasteiger partial charge in [0.15, 0.2) is 16.7 Å². The van der Waals surface area contributed by atoms with Crippen LogP contribution >= 0.6 is 11.8 Å². The van der Waals surface area contributed by atoms with Crippen molar-refractivity contribution in [3.05, 3.63) is 63.0 Å². The molecule has 0 bridgehead atoms. The lowest BCUT2D eigenvalue weighted by atomic mass is 10.1. The lowest BCUT2D eigenvalue weighted by Crippen LogP contribution is -2.12. The smallest absolute Gasteiger partial charge is 0.220 e. The fourth-order valence-electron chi connectivity index (χ4n) is 3.34. The van der Waals surface area contributed by atoms with Crippen molar-refractivity contribution in [3.63, 3.8) is 0 Å². The third-order valence-electron chi connectivity index (χ3n) is 5.17. The number of hydrogen-bond acceptors (Lipinski definition) is 8. The Bertz CT molecular complexity index is 1110. The Kier molecular flexibility index (Phi) is 7.24. The molecule has 170 valence electrons. The molecule has 1 atom stereocenters. The van der Waals surface area contributed by atoms with E-state index in [2.05, 4.69) is 16.3 Å². The van der Waals surface area contributed by atoms with Crippen molar-refractivity contribution in [2.75, 3.05) is 27.9 Å². The molecule has 3 aromatic rings. The number of ether oxygens (including phenoxy) is 3. The van der Waals surface area contributed by atoms with Gasteiger partial charge in [-0.05, 0) is 61.7 Å². The van der Waals surface area contributed by atoms with Gasteiger partial charge in [-0.15, -0.1) is 10.2 Å². The van der Waals surface area contributed by atoms with Crippen molar-refractivity contribution >= 4 is 11.8 Å². The van der Waals surface area contributed by atoms with Gasteiger partial charge in [0.2, 0.25) is 12.3 Å². The van der Waals surface area contributed by atoms with E-state index in [4.69, 9.17) is 14.2 Å². The molecule has 1 heterocycles. The minimum atomic E-state index is -0.562. The van der Waals surface area contributed by atoms with E-state index in [0.29, 0.717) is 33.8 Å². The molecule has 0 fully saturated rings. The highest BCUT2D eigenvalue weighted by atomic mass is 32.2. The van der Waals surface area contributed by atoms with E-state index < -0.39 is 5.25 Å². The molecule has 10 heteroatoms. The quantitative estimate of drug-likeness (QED) is 0.265. The molecule has 0 unspecified atom stereocenters. The van der Waals surface area contributed by atoms with Gasteiger partial charge in [-0.3, -0.25) is 14.7 Å². The molecular formula is C22H26N4O5S. The van der Waals surface area contributed by atoms with Gasteiger partial charge in [0.25, 0.3) is 0 Å². The summed E-state index contributed by atoms with van der Waals surface area (Å²) in [6, 6.07) is 9.53. The summed E-state index contributed by atoms with van der Waals surface area (Å²) < 4.78 is 18.1. The first-order chi connectivity index (χ1) is 15.3. The fourth-order valence-corrected chi connectivity index (χ4v) is 4.50. The van der Waals surface area contributed by atoms with Crippen LogP contribution in [-0.2, 0) is 0 Å². The molecule has 0 aliphatic carbocycles. The predicted octanol–water partition coefficient (Wildman–Crippen LogP) is 4.33. The largest absolute Gasteiger partial charge is 0.493 e. The zero-order chi connectivity index (χ0) is 23.4. The van der Waals surface area contributed by atoms with Gasteiger partial charge in [0.1, 0.15) is 11.1 Å². The van der Waals surface area contributed by atoms with Crippen LogP contribution in [0.15, 0.2) is 35.5 Å². The molecule has 1 aromatic heterocycles. The fraction of sp³-hybridized carbons (Fsp3) is 0.364. The monoisotopic (exact) mass is 458 g/mol. The summed E-state index contributed by atoms with van der Waals surface area (Å²) in [4.78, 5) is 11.2. The van der Waals surface area contributed by atoms with Crippen LogP contribution < -0.4 is 14.2 Å². The van der Waals surface area contributed by atoms with Crippen LogP contribution in [0.4, 0.5) is 0 Å². The summed E-state index contributed by atoms with van der Waals surface area (Å²) in [5.74, 6) is 1.99. The molecule has 0 saturated heterocycles. The second-order valence-electron chi connectivity index (χ2n) is 7.21. The molecule has 0 saturated carbocycles. The van der Waals surface area contributed by atoms with E-state index in [1.54, 1.807) is 12.1 Å². The van der Waals surface area contributed by atoms with Crippen LogP contribution in [0.25, 0.3) is 5.69 Å². The van der Waals surface area contributed by atoms with Gasteiger partial charge in [-0.1, -0.05) is 17.8 Å². The van der Waals surface area contributed by atoms with Crippen LogP contribution in [0.3, 0.4) is 0 Å². The molecule has 3 rings (SSSR count). The normalized spacial score (nSPS) is 11.8.